The SMILES string of the molecule is CC.CC(Nc1cc(-c2ccc3ccn(C)c3c2)c2nccnc2c1)c1cnccc1N1CCN(C)CC1. The third-order valence-corrected chi connectivity index (χ3v) is 7.29. The van der Waals surface area contributed by atoms with Crippen LogP contribution in [-0.4, -0.2) is 57.6 Å². The van der Waals surface area contributed by atoms with E-state index in [2.05, 4.69) is 104 Å². The van der Waals surface area contributed by atoms with Crippen molar-refractivity contribution in [3.8, 4) is 11.1 Å². The Balaban J connectivity index is 0.00000144. The van der Waals surface area contributed by atoms with Crippen molar-refractivity contribution in [1.29, 1.82) is 0 Å². The number of aryl methyl sites for hydroxylation is 1. The van der Waals surface area contributed by atoms with Crippen molar-refractivity contribution in [1.82, 2.24) is 24.4 Å². The smallest absolute Gasteiger partial charge is 0.0966 e. The van der Waals surface area contributed by atoms with Crippen molar-refractivity contribution in [2.75, 3.05) is 43.4 Å². The Morgan fingerprint density at radius 2 is 1.66 bits per heavy atom. The Kier molecular flexibility index (Phi) is 7.56. The van der Waals surface area contributed by atoms with Gasteiger partial charge in [-0.2, -0.15) is 0 Å². The standard InChI is InChI=1S/C29H31N7.C2H6/c1-20(25-19-30-8-6-27(25)36-14-12-34(2)13-15-36)33-23-17-24(29-26(18-23)31-9-10-32-29)22-5-4-21-7-11-35(3)28(21)16-22;1-2/h4-11,16-20,33H,12-15H2,1-3H3;1-2H3. The topological polar surface area (TPSA) is 62.1 Å². The zero-order valence-corrected chi connectivity index (χ0v) is 23.0. The van der Waals surface area contributed by atoms with Crippen molar-refractivity contribution in [3.63, 3.8) is 0 Å². The van der Waals surface area contributed by atoms with E-state index in [9.17, 15) is 0 Å². The molecular weight excluding hydrogens is 470 g/mol. The van der Waals surface area contributed by atoms with Crippen LogP contribution in [0.3, 0.4) is 0 Å². The second-order valence-electron chi connectivity index (χ2n) is 9.74. The predicted molar refractivity (Wildman–Crippen MR) is 159 cm³/mol. The van der Waals surface area contributed by atoms with E-state index >= 15 is 0 Å². The average molecular weight is 508 g/mol. The molecule has 0 spiro atoms. The van der Waals surface area contributed by atoms with Gasteiger partial charge in [0.1, 0.15) is 0 Å². The quantitative estimate of drug-likeness (QED) is 0.309. The highest BCUT2D eigenvalue weighted by molar-refractivity contribution is 5.97. The number of nitrogens with zero attached hydrogens (tertiary/aromatic N) is 6. The third-order valence-electron chi connectivity index (χ3n) is 7.29. The maximum absolute atomic E-state index is 4.69. The number of fused-ring (bicyclic) bond motifs is 2. The highest BCUT2D eigenvalue weighted by atomic mass is 15.2. The molecule has 1 aliphatic heterocycles. The molecule has 1 aliphatic rings. The normalized spacial score (nSPS) is 14.8. The van der Waals surface area contributed by atoms with Gasteiger partial charge < -0.3 is 19.7 Å². The van der Waals surface area contributed by atoms with Crippen LogP contribution in [0.15, 0.2) is 73.4 Å². The molecule has 1 fully saturated rings. The summed E-state index contributed by atoms with van der Waals surface area (Å²) < 4.78 is 2.15. The molecule has 0 radical (unpaired) electrons. The Labute approximate surface area is 225 Å². The van der Waals surface area contributed by atoms with E-state index in [-0.39, 0.29) is 6.04 Å². The number of piperazine rings is 1. The molecule has 1 unspecified atom stereocenters. The molecule has 7 nitrogen and oxygen atoms in total. The molecule has 196 valence electrons. The fourth-order valence-electron chi connectivity index (χ4n) is 5.20. The summed E-state index contributed by atoms with van der Waals surface area (Å²) in [5.74, 6) is 0. The molecular formula is C31H37N7. The summed E-state index contributed by atoms with van der Waals surface area (Å²) in [7, 11) is 4.26. The first-order chi connectivity index (χ1) is 18.6. The first-order valence-corrected chi connectivity index (χ1v) is 13.5. The van der Waals surface area contributed by atoms with Gasteiger partial charge in [0.2, 0.25) is 0 Å². The van der Waals surface area contributed by atoms with E-state index in [0.29, 0.717) is 0 Å². The van der Waals surface area contributed by atoms with Crippen molar-refractivity contribution < 1.29 is 0 Å². The van der Waals surface area contributed by atoms with E-state index < -0.39 is 0 Å². The monoisotopic (exact) mass is 507 g/mol. The summed E-state index contributed by atoms with van der Waals surface area (Å²) in [5, 5.41) is 4.97. The Morgan fingerprint density at radius 1 is 0.868 bits per heavy atom. The summed E-state index contributed by atoms with van der Waals surface area (Å²) >= 11 is 0. The minimum absolute atomic E-state index is 0.0747. The molecule has 38 heavy (non-hydrogen) atoms. The molecule has 1 atom stereocenters. The molecule has 0 amide bonds. The molecule has 7 heteroatoms. The maximum Gasteiger partial charge on any atom is 0.0966 e. The number of likely N-dealkylation sites (N-methyl/N-ethyl adjacent to an activating group) is 1. The Bertz CT molecular complexity index is 1530. The zero-order chi connectivity index (χ0) is 26.6. The van der Waals surface area contributed by atoms with Crippen molar-refractivity contribution >= 4 is 33.3 Å². The summed E-state index contributed by atoms with van der Waals surface area (Å²) in [5.41, 5.74) is 8.66. The van der Waals surface area contributed by atoms with Crippen molar-refractivity contribution in [2.24, 2.45) is 7.05 Å². The molecule has 3 aromatic heterocycles. The first-order valence-electron chi connectivity index (χ1n) is 13.5. The summed E-state index contributed by atoms with van der Waals surface area (Å²) in [6.45, 7) is 10.4. The van der Waals surface area contributed by atoms with Crippen LogP contribution in [0.1, 0.15) is 32.4 Å². The van der Waals surface area contributed by atoms with Gasteiger partial charge in [0.25, 0.3) is 0 Å². The fourth-order valence-corrected chi connectivity index (χ4v) is 5.20. The van der Waals surface area contributed by atoms with Gasteiger partial charge in [-0.3, -0.25) is 15.0 Å². The second-order valence-corrected chi connectivity index (χ2v) is 9.74. The fraction of sp³-hybridized carbons (Fsp3) is 0.323. The third kappa shape index (κ3) is 5.07. The number of aromatic nitrogens is 4. The molecule has 4 heterocycles. The number of hydrogen-bond acceptors (Lipinski definition) is 6. The highest BCUT2D eigenvalue weighted by Gasteiger charge is 2.20. The van der Waals surface area contributed by atoms with Crippen molar-refractivity contribution in [3.05, 3.63) is 79.0 Å². The van der Waals surface area contributed by atoms with Crippen LogP contribution in [-0.2, 0) is 7.05 Å². The molecule has 0 aliphatic carbocycles. The van der Waals surface area contributed by atoms with E-state index in [4.69, 9.17) is 0 Å². The van der Waals surface area contributed by atoms with Crippen LogP contribution >= 0.6 is 0 Å². The minimum Gasteiger partial charge on any atom is -0.378 e. The lowest BCUT2D eigenvalue weighted by Crippen LogP contribution is -2.45. The molecule has 1 saturated heterocycles. The van der Waals surface area contributed by atoms with Crippen LogP contribution in [0.25, 0.3) is 33.1 Å². The van der Waals surface area contributed by atoms with Crippen molar-refractivity contribution in [2.45, 2.75) is 26.8 Å². The number of nitrogens with one attached hydrogen (secondary N) is 1. The first kappa shape index (κ1) is 25.7. The number of pyridine rings is 1. The lowest BCUT2D eigenvalue weighted by atomic mass is 10.0. The zero-order valence-electron chi connectivity index (χ0n) is 23.0. The molecule has 1 N–H and O–H groups in total. The average Bonchev–Trinajstić information content (AvgIpc) is 3.34. The van der Waals surface area contributed by atoms with E-state index in [0.717, 1.165) is 54.0 Å². The van der Waals surface area contributed by atoms with Gasteiger partial charge in [0, 0.05) is 92.2 Å². The Morgan fingerprint density at radius 3 is 2.47 bits per heavy atom. The van der Waals surface area contributed by atoms with Gasteiger partial charge in [-0.15, -0.1) is 0 Å². The molecule has 0 saturated carbocycles. The van der Waals surface area contributed by atoms with Crippen LogP contribution < -0.4 is 10.2 Å². The van der Waals surface area contributed by atoms with Gasteiger partial charge in [-0.1, -0.05) is 26.0 Å². The lowest BCUT2D eigenvalue weighted by Gasteiger charge is -2.36. The number of anilines is 2. The number of rotatable bonds is 5. The lowest BCUT2D eigenvalue weighted by molar-refractivity contribution is 0.312. The molecule has 5 aromatic rings. The number of benzene rings is 2. The summed E-state index contributed by atoms with van der Waals surface area (Å²) in [6, 6.07) is 15.2. The van der Waals surface area contributed by atoms with Gasteiger partial charge in [-0.05, 0) is 55.3 Å². The van der Waals surface area contributed by atoms with Crippen LogP contribution in [0.5, 0.6) is 0 Å². The maximum atomic E-state index is 4.69. The van der Waals surface area contributed by atoms with Gasteiger partial charge in [0.05, 0.1) is 17.1 Å². The summed E-state index contributed by atoms with van der Waals surface area (Å²) in [4.78, 5) is 18.6. The van der Waals surface area contributed by atoms with Gasteiger partial charge in [0.15, 0.2) is 0 Å². The Hall–Kier alpha value is -3.97. The van der Waals surface area contributed by atoms with Gasteiger partial charge in [-0.25, -0.2) is 0 Å². The van der Waals surface area contributed by atoms with Crippen LogP contribution in [0.4, 0.5) is 11.4 Å². The van der Waals surface area contributed by atoms with Gasteiger partial charge >= 0.3 is 0 Å². The molecule has 0 bridgehead atoms. The van der Waals surface area contributed by atoms with E-state index in [1.807, 2.05) is 26.2 Å². The minimum atomic E-state index is 0.0747. The molecule has 6 rings (SSSR count). The van der Waals surface area contributed by atoms with E-state index in [1.54, 1.807) is 12.4 Å². The predicted octanol–water partition coefficient (Wildman–Crippen LogP) is 6.13. The summed E-state index contributed by atoms with van der Waals surface area (Å²) in [6.07, 6.45) is 9.51. The number of hydrogen-bond donors (Lipinski definition) is 1. The van der Waals surface area contributed by atoms with Crippen LogP contribution in [0.2, 0.25) is 0 Å². The second kappa shape index (κ2) is 11.2. The largest absolute Gasteiger partial charge is 0.378 e. The molecule has 2 aromatic carbocycles. The highest BCUT2D eigenvalue weighted by Crippen LogP contribution is 2.34. The van der Waals surface area contributed by atoms with E-state index in [1.165, 1.54) is 22.2 Å². The van der Waals surface area contributed by atoms with Crippen LogP contribution in [0, 0.1) is 0 Å².